The predicted octanol–water partition coefficient (Wildman–Crippen LogP) is -0.237. The van der Waals surface area contributed by atoms with E-state index in [0.29, 0.717) is 18.7 Å². The standard InChI is InChI=1S/C14H17N3O3/c1-10(14(20)17-8-7-15-12(18)9-17)16-13(19)11-5-3-2-4-6-11/h2-6,10H,7-9H2,1H3,(H,15,18)(H,16,19). The quantitative estimate of drug-likeness (QED) is 0.799. The lowest BCUT2D eigenvalue weighted by Gasteiger charge is -2.29. The van der Waals surface area contributed by atoms with Crippen LogP contribution in [0.2, 0.25) is 0 Å². The summed E-state index contributed by atoms with van der Waals surface area (Å²) in [6.45, 7) is 2.58. The monoisotopic (exact) mass is 275 g/mol. The molecule has 3 amide bonds. The van der Waals surface area contributed by atoms with E-state index in [4.69, 9.17) is 0 Å². The third-order valence-corrected chi connectivity index (χ3v) is 3.10. The number of rotatable bonds is 3. The fraction of sp³-hybridized carbons (Fsp3) is 0.357. The molecule has 6 nitrogen and oxygen atoms in total. The largest absolute Gasteiger partial charge is 0.353 e. The second kappa shape index (κ2) is 6.18. The number of hydrogen-bond donors (Lipinski definition) is 2. The number of nitrogens with zero attached hydrogens (tertiary/aromatic N) is 1. The fourth-order valence-electron chi connectivity index (χ4n) is 2.03. The van der Waals surface area contributed by atoms with Gasteiger partial charge < -0.3 is 15.5 Å². The average Bonchev–Trinajstić information content (AvgIpc) is 2.47. The van der Waals surface area contributed by atoms with E-state index in [0.717, 1.165) is 0 Å². The normalized spacial score (nSPS) is 16.2. The Hall–Kier alpha value is -2.37. The molecule has 2 N–H and O–H groups in total. The first-order chi connectivity index (χ1) is 9.58. The van der Waals surface area contributed by atoms with Gasteiger partial charge in [-0.25, -0.2) is 0 Å². The number of amides is 3. The molecule has 1 aliphatic rings. The van der Waals surface area contributed by atoms with E-state index in [-0.39, 0.29) is 24.3 Å². The Morgan fingerprint density at radius 1 is 1.30 bits per heavy atom. The van der Waals surface area contributed by atoms with Gasteiger partial charge in [0, 0.05) is 18.7 Å². The zero-order valence-corrected chi connectivity index (χ0v) is 11.3. The lowest BCUT2D eigenvalue weighted by atomic mass is 10.2. The third kappa shape index (κ3) is 3.34. The molecule has 106 valence electrons. The highest BCUT2D eigenvalue weighted by Gasteiger charge is 2.26. The molecule has 1 unspecified atom stereocenters. The molecule has 1 aromatic carbocycles. The molecular formula is C14H17N3O3. The summed E-state index contributed by atoms with van der Waals surface area (Å²) < 4.78 is 0. The molecule has 1 aromatic rings. The minimum atomic E-state index is -0.659. The predicted molar refractivity (Wildman–Crippen MR) is 73.0 cm³/mol. The summed E-state index contributed by atoms with van der Waals surface area (Å²) in [6, 6.07) is 8.04. The van der Waals surface area contributed by atoms with Gasteiger partial charge in [-0.3, -0.25) is 14.4 Å². The van der Waals surface area contributed by atoms with Crippen LogP contribution in [0.3, 0.4) is 0 Å². The van der Waals surface area contributed by atoms with Crippen molar-refractivity contribution in [2.75, 3.05) is 19.6 Å². The Balaban J connectivity index is 1.94. The van der Waals surface area contributed by atoms with Crippen molar-refractivity contribution in [1.29, 1.82) is 0 Å². The molecule has 2 rings (SSSR count). The molecule has 1 atom stereocenters. The summed E-state index contributed by atoms with van der Waals surface area (Å²) in [5, 5.41) is 5.30. The molecule has 0 aliphatic carbocycles. The molecule has 1 aliphatic heterocycles. The first-order valence-corrected chi connectivity index (χ1v) is 6.49. The Kier molecular flexibility index (Phi) is 4.34. The number of nitrogens with one attached hydrogen (secondary N) is 2. The second-order valence-corrected chi connectivity index (χ2v) is 4.67. The summed E-state index contributed by atoms with van der Waals surface area (Å²) in [7, 11) is 0. The smallest absolute Gasteiger partial charge is 0.251 e. The number of benzene rings is 1. The maximum absolute atomic E-state index is 12.1. The zero-order valence-electron chi connectivity index (χ0n) is 11.3. The van der Waals surface area contributed by atoms with E-state index in [2.05, 4.69) is 10.6 Å². The van der Waals surface area contributed by atoms with Crippen molar-refractivity contribution in [2.24, 2.45) is 0 Å². The number of piperazine rings is 1. The van der Waals surface area contributed by atoms with Gasteiger partial charge in [0.2, 0.25) is 11.8 Å². The Labute approximate surface area is 117 Å². The summed E-state index contributed by atoms with van der Waals surface area (Å²) in [5.74, 6) is -0.719. The van der Waals surface area contributed by atoms with E-state index < -0.39 is 6.04 Å². The van der Waals surface area contributed by atoms with Crippen molar-refractivity contribution < 1.29 is 14.4 Å². The van der Waals surface area contributed by atoms with Crippen LogP contribution in [-0.2, 0) is 9.59 Å². The molecule has 1 saturated heterocycles. The van der Waals surface area contributed by atoms with Gasteiger partial charge in [0.25, 0.3) is 5.91 Å². The zero-order chi connectivity index (χ0) is 14.5. The highest BCUT2D eigenvalue weighted by molar-refractivity contribution is 5.98. The molecule has 20 heavy (non-hydrogen) atoms. The van der Waals surface area contributed by atoms with Gasteiger partial charge in [-0.1, -0.05) is 18.2 Å². The first-order valence-electron chi connectivity index (χ1n) is 6.49. The van der Waals surface area contributed by atoms with E-state index in [9.17, 15) is 14.4 Å². The molecule has 6 heteroatoms. The van der Waals surface area contributed by atoms with Gasteiger partial charge in [-0.2, -0.15) is 0 Å². The van der Waals surface area contributed by atoms with Crippen LogP contribution in [0.25, 0.3) is 0 Å². The molecule has 0 spiro atoms. The molecule has 1 heterocycles. The van der Waals surface area contributed by atoms with Gasteiger partial charge in [-0.05, 0) is 19.1 Å². The van der Waals surface area contributed by atoms with Crippen LogP contribution in [0.1, 0.15) is 17.3 Å². The van der Waals surface area contributed by atoms with E-state index >= 15 is 0 Å². The molecule has 1 fully saturated rings. The maximum atomic E-state index is 12.1. The van der Waals surface area contributed by atoms with Gasteiger partial charge >= 0.3 is 0 Å². The van der Waals surface area contributed by atoms with Crippen LogP contribution >= 0.6 is 0 Å². The lowest BCUT2D eigenvalue weighted by Crippen LogP contribution is -2.55. The molecule has 0 radical (unpaired) electrons. The van der Waals surface area contributed by atoms with Crippen LogP contribution < -0.4 is 10.6 Å². The van der Waals surface area contributed by atoms with Crippen molar-refractivity contribution in [1.82, 2.24) is 15.5 Å². The average molecular weight is 275 g/mol. The molecule has 0 bridgehead atoms. The van der Waals surface area contributed by atoms with Crippen LogP contribution in [0, 0.1) is 0 Å². The molecular weight excluding hydrogens is 258 g/mol. The number of carbonyl (C=O) groups is 3. The highest BCUT2D eigenvalue weighted by Crippen LogP contribution is 2.02. The fourth-order valence-corrected chi connectivity index (χ4v) is 2.03. The summed E-state index contributed by atoms with van der Waals surface area (Å²) >= 11 is 0. The topological polar surface area (TPSA) is 78.5 Å². The van der Waals surface area contributed by atoms with E-state index in [1.807, 2.05) is 6.07 Å². The summed E-state index contributed by atoms with van der Waals surface area (Å²) in [6.07, 6.45) is 0. The van der Waals surface area contributed by atoms with Gasteiger partial charge in [0.05, 0.1) is 6.54 Å². The van der Waals surface area contributed by atoms with E-state index in [1.165, 1.54) is 4.90 Å². The first kappa shape index (κ1) is 14.0. The minimum absolute atomic E-state index is 0.0460. The van der Waals surface area contributed by atoms with Crippen molar-refractivity contribution in [2.45, 2.75) is 13.0 Å². The van der Waals surface area contributed by atoms with Crippen molar-refractivity contribution in [3.8, 4) is 0 Å². The van der Waals surface area contributed by atoms with Gasteiger partial charge in [-0.15, -0.1) is 0 Å². The summed E-state index contributed by atoms with van der Waals surface area (Å²) in [5.41, 5.74) is 0.503. The Morgan fingerprint density at radius 2 is 2.00 bits per heavy atom. The third-order valence-electron chi connectivity index (χ3n) is 3.10. The maximum Gasteiger partial charge on any atom is 0.251 e. The minimum Gasteiger partial charge on any atom is -0.353 e. The highest BCUT2D eigenvalue weighted by atomic mass is 16.2. The number of hydrogen-bond acceptors (Lipinski definition) is 3. The lowest BCUT2D eigenvalue weighted by molar-refractivity contribution is -0.139. The second-order valence-electron chi connectivity index (χ2n) is 4.67. The van der Waals surface area contributed by atoms with Crippen LogP contribution in [0.4, 0.5) is 0 Å². The van der Waals surface area contributed by atoms with Crippen molar-refractivity contribution >= 4 is 17.7 Å². The van der Waals surface area contributed by atoms with Gasteiger partial charge in [0.15, 0.2) is 0 Å². The van der Waals surface area contributed by atoms with Crippen LogP contribution in [0.15, 0.2) is 30.3 Å². The number of carbonyl (C=O) groups excluding carboxylic acids is 3. The van der Waals surface area contributed by atoms with Crippen LogP contribution in [0.5, 0.6) is 0 Å². The van der Waals surface area contributed by atoms with Crippen LogP contribution in [-0.4, -0.2) is 48.3 Å². The Bertz CT molecular complexity index is 516. The molecule has 0 aromatic heterocycles. The van der Waals surface area contributed by atoms with Crippen molar-refractivity contribution in [3.05, 3.63) is 35.9 Å². The van der Waals surface area contributed by atoms with Crippen molar-refractivity contribution in [3.63, 3.8) is 0 Å². The summed E-state index contributed by atoms with van der Waals surface area (Å²) in [4.78, 5) is 36.8. The molecule has 0 saturated carbocycles. The Morgan fingerprint density at radius 3 is 2.65 bits per heavy atom. The van der Waals surface area contributed by atoms with E-state index in [1.54, 1.807) is 31.2 Å². The SMILES string of the molecule is CC(NC(=O)c1ccccc1)C(=O)N1CCNC(=O)C1. The van der Waals surface area contributed by atoms with Gasteiger partial charge in [0.1, 0.15) is 6.04 Å².